The number of aromatic nitrogens is 1. The Hall–Kier alpha value is -2.10. The van der Waals surface area contributed by atoms with Crippen LogP contribution in [0.1, 0.15) is 54.3 Å². The summed E-state index contributed by atoms with van der Waals surface area (Å²) in [4.78, 5) is 8.62. The number of pyridine rings is 1. The average Bonchev–Trinajstić information content (AvgIpc) is 2.78. The number of benzene rings is 2. The van der Waals surface area contributed by atoms with Gasteiger partial charge in [-0.2, -0.15) is 0 Å². The van der Waals surface area contributed by atoms with Crippen molar-refractivity contribution in [1.29, 1.82) is 0 Å². The van der Waals surface area contributed by atoms with E-state index in [4.69, 9.17) is 0 Å². The van der Waals surface area contributed by atoms with Crippen LogP contribution in [0.25, 0.3) is 0 Å². The summed E-state index contributed by atoms with van der Waals surface area (Å²) in [6, 6.07) is 22.6. The molecule has 29 heavy (non-hydrogen) atoms. The van der Waals surface area contributed by atoms with Crippen LogP contribution in [0.3, 0.4) is 0 Å². The Morgan fingerprint density at radius 3 is 2.66 bits per heavy atom. The molecule has 150 valence electrons. The van der Waals surface area contributed by atoms with Gasteiger partial charge in [-0.05, 0) is 60.2 Å². The molecule has 0 amide bonds. The summed E-state index contributed by atoms with van der Waals surface area (Å²) in [7, 11) is 0. The first-order valence-electron chi connectivity index (χ1n) is 10.7. The number of hydrogen-bond donors (Lipinski definition) is 0. The van der Waals surface area contributed by atoms with Gasteiger partial charge in [-0.3, -0.25) is 9.88 Å². The van der Waals surface area contributed by atoms with Crippen LogP contribution in [-0.4, -0.2) is 16.4 Å². The minimum absolute atomic E-state index is 0.395. The Morgan fingerprint density at radius 2 is 1.90 bits per heavy atom. The highest BCUT2D eigenvalue weighted by Gasteiger charge is 2.22. The van der Waals surface area contributed by atoms with Crippen LogP contribution in [0.4, 0.5) is 0 Å². The lowest BCUT2D eigenvalue weighted by atomic mass is 9.97. The van der Waals surface area contributed by atoms with E-state index in [9.17, 15) is 0 Å². The van der Waals surface area contributed by atoms with Crippen LogP contribution >= 0.6 is 11.8 Å². The van der Waals surface area contributed by atoms with Crippen molar-refractivity contribution in [3.8, 4) is 0 Å². The fraction of sp³-hybridized carbons (Fsp3) is 0.346. The summed E-state index contributed by atoms with van der Waals surface area (Å²) in [5, 5.41) is 0. The molecule has 3 heteroatoms. The number of nitrogens with zero attached hydrogens (tertiary/aromatic N) is 2. The molecule has 0 bridgehead atoms. The van der Waals surface area contributed by atoms with E-state index >= 15 is 0 Å². The third-order valence-electron chi connectivity index (χ3n) is 5.85. The van der Waals surface area contributed by atoms with E-state index in [1.165, 1.54) is 32.8 Å². The molecule has 2 nitrogen and oxygen atoms in total. The maximum Gasteiger partial charge on any atom is 0.0403 e. The average molecular weight is 403 g/mol. The monoisotopic (exact) mass is 402 g/mol. The summed E-state index contributed by atoms with van der Waals surface area (Å²) in [5.74, 6) is 1.02. The Morgan fingerprint density at radius 1 is 1.03 bits per heavy atom. The first-order chi connectivity index (χ1) is 14.2. The van der Waals surface area contributed by atoms with Gasteiger partial charge in [-0.15, -0.1) is 11.8 Å². The summed E-state index contributed by atoms with van der Waals surface area (Å²) in [6.45, 7) is 6.65. The SMILES string of the molecule is CCCc1ccc(C(C)N2CCc3ccc(SCc4ccccc4)cc3C2)cn1. The predicted molar refractivity (Wildman–Crippen MR) is 123 cm³/mol. The molecule has 1 aliphatic heterocycles. The maximum atomic E-state index is 4.67. The molecule has 2 aromatic carbocycles. The van der Waals surface area contributed by atoms with Crippen molar-refractivity contribution in [2.24, 2.45) is 0 Å². The largest absolute Gasteiger partial charge is 0.292 e. The van der Waals surface area contributed by atoms with Gasteiger partial charge in [0.05, 0.1) is 0 Å². The Bertz CT molecular complexity index is 921. The van der Waals surface area contributed by atoms with E-state index < -0.39 is 0 Å². The van der Waals surface area contributed by atoms with Crippen LogP contribution in [0.2, 0.25) is 0 Å². The van der Waals surface area contributed by atoms with E-state index in [2.05, 4.69) is 90.6 Å². The normalized spacial score (nSPS) is 15.1. The highest BCUT2D eigenvalue weighted by Crippen LogP contribution is 2.31. The van der Waals surface area contributed by atoms with Crippen molar-refractivity contribution in [2.75, 3.05) is 6.54 Å². The standard InChI is InChI=1S/C26H30N2S/c1-3-7-25-12-10-23(17-27-25)20(2)28-15-14-22-11-13-26(16-24(22)18-28)29-19-21-8-5-4-6-9-21/h4-6,8-13,16-17,20H,3,7,14-15,18-19H2,1-2H3. The molecule has 4 rings (SSSR count). The number of hydrogen-bond acceptors (Lipinski definition) is 3. The lowest BCUT2D eigenvalue weighted by Crippen LogP contribution is -2.33. The third kappa shape index (κ3) is 5.09. The van der Waals surface area contributed by atoms with E-state index in [0.717, 1.165) is 38.1 Å². The van der Waals surface area contributed by atoms with Gasteiger partial charge in [-0.1, -0.05) is 55.8 Å². The van der Waals surface area contributed by atoms with Crippen molar-refractivity contribution >= 4 is 11.8 Å². The molecule has 0 saturated carbocycles. The van der Waals surface area contributed by atoms with Gasteiger partial charge in [0.2, 0.25) is 0 Å². The minimum atomic E-state index is 0.395. The van der Waals surface area contributed by atoms with Crippen molar-refractivity contribution in [1.82, 2.24) is 9.88 Å². The topological polar surface area (TPSA) is 16.1 Å². The second-order valence-corrected chi connectivity index (χ2v) is 8.98. The fourth-order valence-electron chi connectivity index (χ4n) is 4.01. The van der Waals surface area contributed by atoms with Gasteiger partial charge in [0.1, 0.15) is 0 Å². The van der Waals surface area contributed by atoms with E-state index in [0.29, 0.717) is 6.04 Å². The van der Waals surface area contributed by atoms with Crippen LogP contribution in [0.5, 0.6) is 0 Å². The molecule has 0 aliphatic carbocycles. The summed E-state index contributed by atoms with van der Waals surface area (Å²) in [6.07, 6.45) is 5.42. The van der Waals surface area contributed by atoms with Gasteiger partial charge < -0.3 is 0 Å². The lowest BCUT2D eigenvalue weighted by molar-refractivity contribution is 0.191. The summed E-state index contributed by atoms with van der Waals surface area (Å²) < 4.78 is 0. The zero-order valence-electron chi connectivity index (χ0n) is 17.5. The highest BCUT2D eigenvalue weighted by atomic mass is 32.2. The number of aryl methyl sites for hydroxylation is 1. The first kappa shape index (κ1) is 20.2. The van der Waals surface area contributed by atoms with Gasteiger partial charge in [0, 0.05) is 41.7 Å². The molecular weight excluding hydrogens is 372 g/mol. The Kier molecular flexibility index (Phi) is 6.68. The van der Waals surface area contributed by atoms with Crippen molar-refractivity contribution in [3.05, 3.63) is 94.8 Å². The van der Waals surface area contributed by atoms with Crippen molar-refractivity contribution < 1.29 is 0 Å². The van der Waals surface area contributed by atoms with Crippen LogP contribution in [0, 0.1) is 0 Å². The molecule has 1 unspecified atom stereocenters. The minimum Gasteiger partial charge on any atom is -0.292 e. The van der Waals surface area contributed by atoms with Gasteiger partial charge >= 0.3 is 0 Å². The fourth-order valence-corrected chi connectivity index (χ4v) is 4.93. The number of thioether (sulfide) groups is 1. The van der Waals surface area contributed by atoms with E-state index in [-0.39, 0.29) is 0 Å². The summed E-state index contributed by atoms with van der Waals surface area (Å²) >= 11 is 1.93. The molecule has 0 spiro atoms. The van der Waals surface area contributed by atoms with Crippen molar-refractivity contribution in [3.63, 3.8) is 0 Å². The third-order valence-corrected chi connectivity index (χ3v) is 6.92. The van der Waals surface area contributed by atoms with Crippen molar-refractivity contribution in [2.45, 2.75) is 56.3 Å². The molecular formula is C26H30N2S. The number of rotatable bonds is 7. The molecule has 1 aliphatic rings. The number of fused-ring (bicyclic) bond motifs is 1. The molecule has 2 heterocycles. The zero-order chi connectivity index (χ0) is 20.1. The van der Waals surface area contributed by atoms with Crippen LogP contribution in [-0.2, 0) is 25.1 Å². The molecule has 0 radical (unpaired) electrons. The van der Waals surface area contributed by atoms with E-state index in [1.54, 1.807) is 0 Å². The first-order valence-corrected chi connectivity index (χ1v) is 11.7. The zero-order valence-corrected chi connectivity index (χ0v) is 18.3. The summed E-state index contributed by atoms with van der Waals surface area (Å²) in [5.41, 5.74) is 6.89. The second-order valence-electron chi connectivity index (χ2n) is 7.93. The predicted octanol–water partition coefficient (Wildman–Crippen LogP) is 6.45. The van der Waals surface area contributed by atoms with E-state index in [1.807, 2.05) is 11.8 Å². The van der Waals surface area contributed by atoms with Crippen LogP contribution in [0.15, 0.2) is 71.8 Å². The van der Waals surface area contributed by atoms with Gasteiger partial charge in [-0.25, -0.2) is 0 Å². The molecule has 3 aromatic rings. The maximum absolute atomic E-state index is 4.67. The van der Waals surface area contributed by atoms with Crippen LogP contribution < -0.4 is 0 Å². The smallest absolute Gasteiger partial charge is 0.0403 e. The van der Waals surface area contributed by atoms with Gasteiger partial charge in [0.15, 0.2) is 0 Å². The molecule has 1 atom stereocenters. The lowest BCUT2D eigenvalue weighted by Gasteiger charge is -2.34. The Balaban J connectivity index is 1.42. The quantitative estimate of drug-likeness (QED) is 0.423. The molecule has 0 fully saturated rings. The molecule has 0 N–H and O–H groups in total. The Labute approximate surface area is 179 Å². The molecule has 1 aromatic heterocycles. The highest BCUT2D eigenvalue weighted by molar-refractivity contribution is 7.98. The second kappa shape index (κ2) is 9.60. The van der Waals surface area contributed by atoms with Gasteiger partial charge in [0.25, 0.3) is 0 Å². The molecule has 0 saturated heterocycles.